The van der Waals surface area contributed by atoms with Crippen LogP contribution in [0.1, 0.15) is 36.1 Å². The molecule has 0 saturated carbocycles. The minimum absolute atomic E-state index is 0.129. The lowest BCUT2D eigenvalue weighted by Gasteiger charge is -2.21. The molecule has 1 amide bonds. The van der Waals surface area contributed by atoms with E-state index in [0.717, 1.165) is 16.8 Å². The highest BCUT2D eigenvalue weighted by molar-refractivity contribution is 6.03. The van der Waals surface area contributed by atoms with Crippen LogP contribution in [0.25, 0.3) is 0 Å². The van der Waals surface area contributed by atoms with Crippen LogP contribution in [-0.2, 0) is 4.79 Å². The van der Waals surface area contributed by atoms with E-state index in [1.165, 1.54) is 17.5 Å². The highest BCUT2D eigenvalue weighted by Gasteiger charge is 2.32. The molecule has 1 heterocycles. The Kier molecular flexibility index (Phi) is 3.67. The first-order valence-corrected chi connectivity index (χ1v) is 7.28. The summed E-state index contributed by atoms with van der Waals surface area (Å²) in [6, 6.07) is 14.9. The maximum absolute atomic E-state index is 11.9. The Morgan fingerprint density at radius 2 is 1.86 bits per heavy atom. The summed E-state index contributed by atoms with van der Waals surface area (Å²) >= 11 is 0. The SMILES string of the molecule is CC(=O)N1N=C(c2ccc(C)cc2)C[C@H]1c1ccccc1O. The molecule has 1 atom stereocenters. The molecule has 112 valence electrons. The van der Waals surface area contributed by atoms with Crippen molar-refractivity contribution in [1.82, 2.24) is 5.01 Å². The molecular formula is C18H18N2O2. The molecule has 4 nitrogen and oxygen atoms in total. The minimum Gasteiger partial charge on any atom is -0.508 e. The average molecular weight is 294 g/mol. The maximum atomic E-state index is 11.9. The van der Waals surface area contributed by atoms with E-state index in [0.29, 0.717) is 6.42 Å². The Labute approximate surface area is 129 Å². The second-order valence-electron chi connectivity index (χ2n) is 5.56. The van der Waals surface area contributed by atoms with E-state index < -0.39 is 0 Å². The number of nitrogens with zero attached hydrogens (tertiary/aromatic N) is 2. The van der Waals surface area contributed by atoms with Crippen LogP contribution in [0, 0.1) is 6.92 Å². The van der Waals surface area contributed by atoms with E-state index in [1.54, 1.807) is 12.1 Å². The van der Waals surface area contributed by atoms with Crippen molar-refractivity contribution in [2.75, 3.05) is 0 Å². The third kappa shape index (κ3) is 2.60. The Morgan fingerprint density at radius 3 is 2.50 bits per heavy atom. The van der Waals surface area contributed by atoms with Gasteiger partial charge in [-0.1, -0.05) is 48.0 Å². The third-order valence-electron chi connectivity index (χ3n) is 3.91. The predicted molar refractivity (Wildman–Crippen MR) is 85.7 cm³/mol. The summed E-state index contributed by atoms with van der Waals surface area (Å²) in [4.78, 5) is 11.9. The molecule has 1 N–H and O–H groups in total. The number of hydrogen-bond acceptors (Lipinski definition) is 3. The molecule has 0 radical (unpaired) electrons. The van der Waals surface area contributed by atoms with Crippen LogP contribution in [0.15, 0.2) is 53.6 Å². The van der Waals surface area contributed by atoms with Crippen LogP contribution in [0.2, 0.25) is 0 Å². The summed E-state index contributed by atoms with van der Waals surface area (Å²) < 4.78 is 0. The van der Waals surface area contributed by atoms with E-state index in [2.05, 4.69) is 5.10 Å². The second-order valence-corrected chi connectivity index (χ2v) is 5.56. The van der Waals surface area contributed by atoms with Gasteiger partial charge in [0.2, 0.25) is 5.91 Å². The fraction of sp³-hybridized carbons (Fsp3) is 0.222. The van der Waals surface area contributed by atoms with Gasteiger partial charge in [0, 0.05) is 18.9 Å². The summed E-state index contributed by atoms with van der Waals surface area (Å²) in [6.07, 6.45) is 0.597. The lowest BCUT2D eigenvalue weighted by molar-refractivity contribution is -0.130. The highest BCUT2D eigenvalue weighted by atomic mass is 16.3. The number of aryl methyl sites for hydroxylation is 1. The number of hydrogen-bond donors (Lipinski definition) is 1. The van der Waals surface area contributed by atoms with Gasteiger partial charge < -0.3 is 5.11 Å². The summed E-state index contributed by atoms with van der Waals surface area (Å²) in [6.45, 7) is 3.53. The zero-order chi connectivity index (χ0) is 15.7. The first-order chi connectivity index (χ1) is 10.6. The zero-order valence-electron chi connectivity index (χ0n) is 12.7. The number of phenolic OH excluding ortho intramolecular Hbond substituents is 1. The van der Waals surface area contributed by atoms with E-state index >= 15 is 0 Å². The van der Waals surface area contributed by atoms with Crippen molar-refractivity contribution >= 4 is 11.6 Å². The number of carbonyl (C=O) groups is 1. The molecule has 2 aromatic rings. The number of carbonyl (C=O) groups excluding carboxylic acids is 1. The van der Waals surface area contributed by atoms with Crippen LogP contribution in [0.4, 0.5) is 0 Å². The lowest BCUT2D eigenvalue weighted by atomic mass is 9.97. The van der Waals surface area contributed by atoms with Crippen molar-refractivity contribution in [1.29, 1.82) is 0 Å². The van der Waals surface area contributed by atoms with Crippen molar-refractivity contribution in [3.8, 4) is 5.75 Å². The number of rotatable bonds is 2. The van der Waals surface area contributed by atoms with Crippen molar-refractivity contribution in [3.05, 3.63) is 65.2 Å². The molecule has 0 bridgehead atoms. The largest absolute Gasteiger partial charge is 0.508 e. The number of aromatic hydroxyl groups is 1. The molecule has 1 aliphatic rings. The number of hydrazone groups is 1. The molecule has 0 spiro atoms. The first kappa shape index (κ1) is 14.3. The second kappa shape index (κ2) is 5.64. The molecule has 22 heavy (non-hydrogen) atoms. The molecule has 0 aliphatic carbocycles. The fourth-order valence-electron chi connectivity index (χ4n) is 2.73. The summed E-state index contributed by atoms with van der Waals surface area (Å²) in [7, 11) is 0. The van der Waals surface area contributed by atoms with Gasteiger partial charge in [-0.3, -0.25) is 4.79 Å². The molecule has 3 rings (SSSR count). The Bertz CT molecular complexity index is 735. The topological polar surface area (TPSA) is 52.9 Å². The van der Waals surface area contributed by atoms with Gasteiger partial charge in [-0.2, -0.15) is 5.10 Å². The van der Waals surface area contributed by atoms with Gasteiger partial charge >= 0.3 is 0 Å². The highest BCUT2D eigenvalue weighted by Crippen LogP contribution is 2.36. The Hall–Kier alpha value is -2.62. The van der Waals surface area contributed by atoms with Crippen molar-refractivity contribution in [2.24, 2.45) is 5.10 Å². The Morgan fingerprint density at radius 1 is 1.18 bits per heavy atom. The molecule has 0 fully saturated rings. The summed E-state index contributed by atoms with van der Waals surface area (Å²) in [5, 5.41) is 16.0. The molecular weight excluding hydrogens is 276 g/mol. The van der Waals surface area contributed by atoms with Crippen molar-refractivity contribution < 1.29 is 9.90 Å². The van der Waals surface area contributed by atoms with Crippen LogP contribution in [0.5, 0.6) is 5.75 Å². The van der Waals surface area contributed by atoms with Gasteiger partial charge in [-0.15, -0.1) is 0 Å². The predicted octanol–water partition coefficient (Wildman–Crippen LogP) is 3.40. The molecule has 0 aromatic heterocycles. The Balaban J connectivity index is 1.96. The number of para-hydroxylation sites is 1. The van der Waals surface area contributed by atoms with Crippen LogP contribution in [-0.4, -0.2) is 21.7 Å². The van der Waals surface area contributed by atoms with E-state index in [1.807, 2.05) is 43.3 Å². The van der Waals surface area contributed by atoms with Crippen LogP contribution < -0.4 is 0 Å². The first-order valence-electron chi connectivity index (χ1n) is 7.28. The average Bonchev–Trinajstić information content (AvgIpc) is 2.93. The monoisotopic (exact) mass is 294 g/mol. The number of amides is 1. The smallest absolute Gasteiger partial charge is 0.240 e. The van der Waals surface area contributed by atoms with Crippen LogP contribution >= 0.6 is 0 Å². The fourth-order valence-corrected chi connectivity index (χ4v) is 2.73. The van der Waals surface area contributed by atoms with E-state index in [9.17, 15) is 9.90 Å². The quantitative estimate of drug-likeness (QED) is 0.923. The van der Waals surface area contributed by atoms with Crippen molar-refractivity contribution in [3.63, 3.8) is 0 Å². The standard InChI is InChI=1S/C18H18N2O2/c1-12-7-9-14(10-8-12)16-11-17(20(19-16)13(2)21)15-5-3-4-6-18(15)22/h3-10,17,22H,11H2,1-2H3/t17-/m0/s1. The number of benzene rings is 2. The van der Waals surface area contributed by atoms with E-state index in [-0.39, 0.29) is 17.7 Å². The zero-order valence-corrected chi connectivity index (χ0v) is 12.7. The molecule has 2 aromatic carbocycles. The lowest BCUT2D eigenvalue weighted by Crippen LogP contribution is -2.24. The van der Waals surface area contributed by atoms with Gasteiger partial charge in [0.15, 0.2) is 0 Å². The van der Waals surface area contributed by atoms with Crippen LogP contribution in [0.3, 0.4) is 0 Å². The summed E-state index contributed by atoms with van der Waals surface area (Å²) in [5.74, 6) is 0.0643. The van der Waals surface area contributed by atoms with Gasteiger partial charge in [0.05, 0.1) is 11.8 Å². The third-order valence-corrected chi connectivity index (χ3v) is 3.91. The van der Waals surface area contributed by atoms with Gasteiger partial charge in [0.1, 0.15) is 5.75 Å². The molecule has 0 saturated heterocycles. The maximum Gasteiger partial charge on any atom is 0.240 e. The van der Waals surface area contributed by atoms with E-state index in [4.69, 9.17) is 0 Å². The molecule has 4 heteroatoms. The molecule has 0 unspecified atom stereocenters. The summed E-state index contributed by atoms with van der Waals surface area (Å²) in [5.41, 5.74) is 3.78. The normalized spacial score (nSPS) is 17.5. The van der Waals surface area contributed by atoms with Gasteiger partial charge in [-0.05, 0) is 18.6 Å². The number of phenols is 1. The van der Waals surface area contributed by atoms with Gasteiger partial charge in [0.25, 0.3) is 0 Å². The van der Waals surface area contributed by atoms with Crippen molar-refractivity contribution in [2.45, 2.75) is 26.3 Å². The molecule has 1 aliphatic heterocycles. The van der Waals surface area contributed by atoms with Gasteiger partial charge in [-0.25, -0.2) is 5.01 Å². The minimum atomic E-state index is -0.255.